The van der Waals surface area contributed by atoms with Crippen LogP contribution < -0.4 is 5.32 Å². The van der Waals surface area contributed by atoms with E-state index in [0.717, 1.165) is 19.4 Å². The van der Waals surface area contributed by atoms with Crippen LogP contribution in [-0.4, -0.2) is 30.4 Å². The van der Waals surface area contributed by atoms with Crippen molar-refractivity contribution in [2.75, 3.05) is 18.9 Å². The Kier molecular flexibility index (Phi) is 4.08. The number of carbonyl (C=O) groups is 1. The van der Waals surface area contributed by atoms with Gasteiger partial charge in [0.15, 0.2) is 0 Å². The van der Waals surface area contributed by atoms with Crippen LogP contribution in [0, 0.1) is 11.7 Å². The van der Waals surface area contributed by atoms with Crippen LogP contribution in [0.1, 0.15) is 37.0 Å². The predicted molar refractivity (Wildman–Crippen MR) is 74.8 cm³/mol. The summed E-state index contributed by atoms with van der Waals surface area (Å²) in [6, 6.07) is 4.85. The van der Waals surface area contributed by atoms with Crippen LogP contribution in [0.3, 0.4) is 0 Å². The highest BCUT2D eigenvalue weighted by Gasteiger charge is 2.29. The molecule has 1 aliphatic rings. The summed E-state index contributed by atoms with van der Waals surface area (Å²) in [6.45, 7) is 4.96. The summed E-state index contributed by atoms with van der Waals surface area (Å²) >= 11 is 0. The van der Waals surface area contributed by atoms with E-state index < -0.39 is 0 Å². The Bertz CT molecular complexity index is 475. The van der Waals surface area contributed by atoms with Gasteiger partial charge in [-0.15, -0.1) is 0 Å². The number of hydrogen-bond acceptors (Lipinski definition) is 2. The minimum absolute atomic E-state index is 0.0806. The molecule has 0 bridgehead atoms. The molecule has 0 aromatic heterocycles. The van der Waals surface area contributed by atoms with Crippen molar-refractivity contribution in [3.05, 3.63) is 29.6 Å². The maximum atomic E-state index is 13.7. The van der Waals surface area contributed by atoms with Gasteiger partial charge in [-0.2, -0.15) is 0 Å². The van der Waals surface area contributed by atoms with Crippen molar-refractivity contribution < 1.29 is 9.18 Å². The van der Waals surface area contributed by atoms with Crippen molar-refractivity contribution in [1.29, 1.82) is 0 Å². The molecule has 1 aromatic carbocycles. The van der Waals surface area contributed by atoms with Crippen LogP contribution in [0.15, 0.2) is 18.2 Å². The topological polar surface area (TPSA) is 32.3 Å². The lowest BCUT2D eigenvalue weighted by atomic mass is 9.94. The summed E-state index contributed by atoms with van der Waals surface area (Å²) in [7, 11) is 1.64. The lowest BCUT2D eigenvalue weighted by molar-refractivity contribution is 0.0574. The number of rotatable bonds is 2. The monoisotopic (exact) mass is 264 g/mol. The van der Waals surface area contributed by atoms with E-state index in [1.165, 1.54) is 6.07 Å². The lowest BCUT2D eigenvalue weighted by Gasteiger charge is -2.37. The second-order valence-electron chi connectivity index (χ2n) is 5.40. The molecule has 1 amide bonds. The first kappa shape index (κ1) is 13.8. The quantitative estimate of drug-likeness (QED) is 0.890. The summed E-state index contributed by atoms with van der Waals surface area (Å²) in [5.74, 6) is 0.0423. The van der Waals surface area contributed by atoms with Crippen LogP contribution in [0.2, 0.25) is 0 Å². The smallest absolute Gasteiger partial charge is 0.256 e. The highest BCUT2D eigenvalue weighted by Crippen LogP contribution is 2.26. The zero-order valence-corrected chi connectivity index (χ0v) is 11.7. The van der Waals surface area contributed by atoms with Crippen LogP contribution >= 0.6 is 0 Å². The Balaban J connectivity index is 2.31. The fourth-order valence-corrected chi connectivity index (χ4v) is 2.68. The molecular formula is C15H21FN2O. The van der Waals surface area contributed by atoms with E-state index in [4.69, 9.17) is 0 Å². The number of likely N-dealkylation sites (tertiary alicyclic amines) is 1. The maximum Gasteiger partial charge on any atom is 0.256 e. The molecular weight excluding hydrogens is 243 g/mol. The van der Waals surface area contributed by atoms with Gasteiger partial charge in [-0.3, -0.25) is 4.79 Å². The van der Waals surface area contributed by atoms with Gasteiger partial charge in [0.2, 0.25) is 0 Å². The third-order valence-electron chi connectivity index (χ3n) is 3.87. The number of anilines is 1. The Morgan fingerprint density at radius 3 is 2.79 bits per heavy atom. The number of hydrogen-bond donors (Lipinski definition) is 1. The fraction of sp³-hybridized carbons (Fsp3) is 0.533. The normalized spacial score (nSPS) is 23.3. The minimum atomic E-state index is -0.383. The molecule has 0 spiro atoms. The van der Waals surface area contributed by atoms with Gasteiger partial charge in [0.25, 0.3) is 5.91 Å². The number of piperidine rings is 1. The molecule has 1 heterocycles. The van der Waals surface area contributed by atoms with E-state index in [1.54, 1.807) is 19.2 Å². The minimum Gasteiger partial charge on any atom is -0.385 e. The summed E-state index contributed by atoms with van der Waals surface area (Å²) in [5.41, 5.74) is 0.710. The Labute approximate surface area is 113 Å². The molecule has 2 unspecified atom stereocenters. The summed E-state index contributed by atoms with van der Waals surface area (Å²) in [4.78, 5) is 14.5. The number of benzene rings is 1. The van der Waals surface area contributed by atoms with Crippen LogP contribution in [0.25, 0.3) is 0 Å². The second-order valence-corrected chi connectivity index (χ2v) is 5.40. The maximum absolute atomic E-state index is 13.7. The van der Waals surface area contributed by atoms with Crippen LogP contribution in [0.5, 0.6) is 0 Å². The van der Waals surface area contributed by atoms with Crippen molar-refractivity contribution in [2.24, 2.45) is 5.92 Å². The first-order chi connectivity index (χ1) is 9.04. The summed E-state index contributed by atoms with van der Waals surface area (Å²) in [6.07, 6.45) is 2.16. The number of halogens is 1. The van der Waals surface area contributed by atoms with Crippen LogP contribution in [-0.2, 0) is 0 Å². The first-order valence-corrected chi connectivity index (χ1v) is 6.81. The van der Waals surface area contributed by atoms with Gasteiger partial charge in [-0.25, -0.2) is 4.39 Å². The average molecular weight is 264 g/mol. The highest BCUT2D eigenvalue weighted by molar-refractivity contribution is 5.99. The van der Waals surface area contributed by atoms with Gasteiger partial charge >= 0.3 is 0 Å². The van der Waals surface area contributed by atoms with Gasteiger partial charge in [0.1, 0.15) is 5.82 Å². The van der Waals surface area contributed by atoms with Crippen molar-refractivity contribution >= 4 is 11.6 Å². The van der Waals surface area contributed by atoms with E-state index in [1.807, 2.05) is 4.90 Å². The Hall–Kier alpha value is -1.58. The van der Waals surface area contributed by atoms with E-state index in [2.05, 4.69) is 19.2 Å². The number of carbonyl (C=O) groups excluding carboxylic acids is 1. The predicted octanol–water partition coefficient (Wildman–Crippen LogP) is 3.13. The summed E-state index contributed by atoms with van der Waals surface area (Å²) in [5, 5.41) is 2.79. The third kappa shape index (κ3) is 2.72. The molecule has 2 rings (SSSR count). The molecule has 0 saturated carbocycles. The first-order valence-electron chi connectivity index (χ1n) is 6.81. The molecule has 1 aliphatic heterocycles. The lowest BCUT2D eigenvalue weighted by Crippen LogP contribution is -2.45. The number of para-hydroxylation sites is 1. The van der Waals surface area contributed by atoms with Crippen molar-refractivity contribution in [2.45, 2.75) is 32.7 Å². The molecule has 2 atom stereocenters. The molecule has 4 heteroatoms. The van der Waals surface area contributed by atoms with Gasteiger partial charge in [0.05, 0.1) is 11.3 Å². The van der Waals surface area contributed by atoms with Crippen LogP contribution in [0.4, 0.5) is 10.1 Å². The van der Waals surface area contributed by atoms with Gasteiger partial charge < -0.3 is 10.2 Å². The van der Waals surface area contributed by atoms with E-state index >= 15 is 0 Å². The standard InChI is InChI=1S/C15H21FN2O/c1-10-7-8-11(2)18(9-10)15(19)12-5-4-6-13(16)14(12)17-3/h4-6,10-11,17H,7-9H2,1-3H3. The number of amides is 1. The average Bonchev–Trinajstić information content (AvgIpc) is 2.40. The molecule has 104 valence electrons. The SMILES string of the molecule is CNc1c(F)cccc1C(=O)N1CC(C)CCC1C. The molecule has 1 aromatic rings. The summed E-state index contributed by atoms with van der Waals surface area (Å²) < 4.78 is 13.7. The zero-order valence-electron chi connectivity index (χ0n) is 11.7. The molecule has 0 radical (unpaired) electrons. The fourth-order valence-electron chi connectivity index (χ4n) is 2.68. The third-order valence-corrected chi connectivity index (χ3v) is 3.87. The van der Waals surface area contributed by atoms with Gasteiger partial charge in [-0.1, -0.05) is 13.0 Å². The van der Waals surface area contributed by atoms with E-state index in [9.17, 15) is 9.18 Å². The van der Waals surface area contributed by atoms with E-state index in [0.29, 0.717) is 11.5 Å². The molecule has 3 nitrogen and oxygen atoms in total. The van der Waals surface area contributed by atoms with Gasteiger partial charge in [-0.05, 0) is 37.8 Å². The largest absolute Gasteiger partial charge is 0.385 e. The highest BCUT2D eigenvalue weighted by atomic mass is 19.1. The molecule has 1 N–H and O–H groups in total. The number of nitrogens with zero attached hydrogens (tertiary/aromatic N) is 1. The Morgan fingerprint density at radius 2 is 2.11 bits per heavy atom. The van der Waals surface area contributed by atoms with Crippen molar-refractivity contribution in [3.8, 4) is 0 Å². The zero-order chi connectivity index (χ0) is 14.0. The van der Waals surface area contributed by atoms with E-state index in [-0.39, 0.29) is 23.5 Å². The number of nitrogens with one attached hydrogen (secondary N) is 1. The molecule has 0 aliphatic carbocycles. The Morgan fingerprint density at radius 1 is 1.37 bits per heavy atom. The molecule has 19 heavy (non-hydrogen) atoms. The molecule has 1 fully saturated rings. The van der Waals surface area contributed by atoms with Gasteiger partial charge in [0, 0.05) is 19.6 Å². The van der Waals surface area contributed by atoms with Crippen molar-refractivity contribution in [3.63, 3.8) is 0 Å². The molecule has 1 saturated heterocycles. The van der Waals surface area contributed by atoms with Crippen molar-refractivity contribution in [1.82, 2.24) is 4.90 Å². The second kappa shape index (κ2) is 5.59.